The topological polar surface area (TPSA) is 42.3 Å². The van der Waals surface area contributed by atoms with Crippen molar-refractivity contribution in [2.45, 2.75) is 19.5 Å². The lowest BCUT2D eigenvalue weighted by Crippen LogP contribution is -2.46. The van der Waals surface area contributed by atoms with Crippen LogP contribution in [0.1, 0.15) is 24.4 Å². The van der Waals surface area contributed by atoms with Crippen molar-refractivity contribution in [1.29, 1.82) is 0 Å². The molecule has 1 atom stereocenters. The summed E-state index contributed by atoms with van der Waals surface area (Å²) in [7, 11) is 2.01. The number of aromatic nitrogens is 2. The first kappa shape index (κ1) is 18.7. The molecule has 1 unspecified atom stereocenters. The Morgan fingerprint density at radius 1 is 1.42 bits per heavy atom. The standard InChI is InChI=1S/C17H23FN4O.ClH/c1-3-23-16-5-4-13(10-14(16)18)12-22-9-6-19-11-15(22)17-20-7-8-21(17)2;/h4-5,7-8,10,15,19H,3,6,9,11-12H2,1-2H3;1H. The molecule has 5 nitrogen and oxygen atoms in total. The zero-order valence-corrected chi connectivity index (χ0v) is 14.9. The summed E-state index contributed by atoms with van der Waals surface area (Å²) in [5, 5.41) is 3.41. The highest BCUT2D eigenvalue weighted by molar-refractivity contribution is 5.85. The maximum atomic E-state index is 14.1. The third-order valence-corrected chi connectivity index (χ3v) is 4.19. The monoisotopic (exact) mass is 354 g/mol. The fourth-order valence-electron chi connectivity index (χ4n) is 3.04. The van der Waals surface area contributed by atoms with Crippen LogP contribution in [0.25, 0.3) is 0 Å². The fourth-order valence-corrected chi connectivity index (χ4v) is 3.04. The van der Waals surface area contributed by atoms with Gasteiger partial charge >= 0.3 is 0 Å². The summed E-state index contributed by atoms with van der Waals surface area (Å²) in [5.41, 5.74) is 0.951. The van der Waals surface area contributed by atoms with E-state index in [0.717, 1.165) is 31.0 Å². The summed E-state index contributed by atoms with van der Waals surface area (Å²) in [6, 6.07) is 5.42. The maximum absolute atomic E-state index is 14.1. The lowest BCUT2D eigenvalue weighted by molar-refractivity contribution is 0.144. The van der Waals surface area contributed by atoms with Gasteiger partial charge in [-0.15, -0.1) is 12.4 Å². The van der Waals surface area contributed by atoms with Crippen LogP contribution in [-0.4, -0.2) is 40.7 Å². The van der Waals surface area contributed by atoms with E-state index in [-0.39, 0.29) is 24.3 Å². The number of hydrogen-bond acceptors (Lipinski definition) is 4. The molecule has 0 spiro atoms. The number of nitrogens with zero attached hydrogens (tertiary/aromatic N) is 3. The van der Waals surface area contributed by atoms with Crippen LogP contribution in [0.2, 0.25) is 0 Å². The Balaban J connectivity index is 0.00000208. The van der Waals surface area contributed by atoms with Gasteiger partial charge in [-0.1, -0.05) is 6.07 Å². The predicted octanol–water partition coefficient (Wildman–Crippen LogP) is 2.53. The molecule has 0 aliphatic carbocycles. The average molecular weight is 355 g/mol. The third-order valence-electron chi connectivity index (χ3n) is 4.19. The van der Waals surface area contributed by atoms with E-state index in [1.165, 1.54) is 0 Å². The van der Waals surface area contributed by atoms with Gasteiger partial charge in [0.25, 0.3) is 0 Å². The molecule has 1 aromatic carbocycles. The number of ether oxygens (including phenoxy) is 1. The van der Waals surface area contributed by atoms with Crippen molar-refractivity contribution in [3.63, 3.8) is 0 Å². The van der Waals surface area contributed by atoms with Crippen LogP contribution in [0.3, 0.4) is 0 Å². The Morgan fingerprint density at radius 3 is 2.92 bits per heavy atom. The highest BCUT2D eigenvalue weighted by Gasteiger charge is 2.26. The van der Waals surface area contributed by atoms with E-state index in [0.29, 0.717) is 18.9 Å². The molecule has 0 bridgehead atoms. The summed E-state index contributed by atoms with van der Waals surface area (Å²) < 4.78 is 21.4. The number of aryl methyl sites for hydroxylation is 1. The van der Waals surface area contributed by atoms with Crippen molar-refractivity contribution in [3.05, 3.63) is 47.8 Å². The van der Waals surface area contributed by atoms with Gasteiger partial charge in [0.1, 0.15) is 5.82 Å². The molecule has 1 saturated heterocycles. The van der Waals surface area contributed by atoms with E-state index in [9.17, 15) is 4.39 Å². The Hall–Kier alpha value is -1.63. The molecule has 1 aliphatic heterocycles. The van der Waals surface area contributed by atoms with Gasteiger partial charge < -0.3 is 14.6 Å². The van der Waals surface area contributed by atoms with Gasteiger partial charge in [-0.25, -0.2) is 9.37 Å². The third kappa shape index (κ3) is 4.06. The molecular weight excluding hydrogens is 331 g/mol. The minimum atomic E-state index is -0.298. The van der Waals surface area contributed by atoms with Crippen LogP contribution >= 0.6 is 12.4 Å². The summed E-state index contributed by atoms with van der Waals surface area (Å²) >= 11 is 0. The summed E-state index contributed by atoms with van der Waals surface area (Å²) in [6.07, 6.45) is 3.78. The molecule has 132 valence electrons. The van der Waals surface area contributed by atoms with Crippen LogP contribution in [0, 0.1) is 5.82 Å². The molecule has 1 aliphatic rings. The minimum Gasteiger partial charge on any atom is -0.491 e. The van der Waals surface area contributed by atoms with Crippen molar-refractivity contribution in [2.75, 3.05) is 26.2 Å². The van der Waals surface area contributed by atoms with Crippen LogP contribution in [0.5, 0.6) is 5.75 Å². The van der Waals surface area contributed by atoms with Crippen molar-refractivity contribution < 1.29 is 9.13 Å². The second kappa shape index (κ2) is 8.46. The first-order chi connectivity index (χ1) is 11.2. The summed E-state index contributed by atoms with van der Waals surface area (Å²) in [4.78, 5) is 6.82. The molecule has 7 heteroatoms. The normalized spacial score (nSPS) is 18.2. The molecule has 0 radical (unpaired) electrons. The molecule has 24 heavy (non-hydrogen) atoms. The van der Waals surface area contributed by atoms with E-state index < -0.39 is 0 Å². The number of piperazine rings is 1. The number of rotatable bonds is 5. The summed E-state index contributed by atoms with van der Waals surface area (Å²) in [6.45, 7) is 5.71. The number of nitrogens with one attached hydrogen (secondary N) is 1. The average Bonchev–Trinajstić information content (AvgIpc) is 2.97. The number of halogens is 2. The van der Waals surface area contributed by atoms with E-state index in [1.54, 1.807) is 12.1 Å². The van der Waals surface area contributed by atoms with Crippen LogP contribution in [0.4, 0.5) is 4.39 Å². The van der Waals surface area contributed by atoms with E-state index in [4.69, 9.17) is 4.74 Å². The van der Waals surface area contributed by atoms with Crippen molar-refractivity contribution in [1.82, 2.24) is 19.8 Å². The SMILES string of the molecule is CCOc1ccc(CN2CCNCC2c2nccn2C)cc1F.Cl. The first-order valence-corrected chi connectivity index (χ1v) is 8.02. The van der Waals surface area contributed by atoms with Crippen LogP contribution in [-0.2, 0) is 13.6 Å². The lowest BCUT2D eigenvalue weighted by atomic mass is 10.1. The molecule has 1 N–H and O–H groups in total. The van der Waals surface area contributed by atoms with Gasteiger partial charge in [0, 0.05) is 45.6 Å². The van der Waals surface area contributed by atoms with Crippen LogP contribution < -0.4 is 10.1 Å². The number of benzene rings is 1. The van der Waals surface area contributed by atoms with Gasteiger partial charge in [0.2, 0.25) is 0 Å². The summed E-state index contributed by atoms with van der Waals surface area (Å²) in [5.74, 6) is 1.05. The van der Waals surface area contributed by atoms with Crippen molar-refractivity contribution in [2.24, 2.45) is 7.05 Å². The molecule has 0 amide bonds. The molecule has 3 rings (SSSR count). The highest BCUT2D eigenvalue weighted by Crippen LogP contribution is 2.25. The van der Waals surface area contributed by atoms with Crippen LogP contribution in [0.15, 0.2) is 30.6 Å². The zero-order valence-electron chi connectivity index (χ0n) is 14.0. The van der Waals surface area contributed by atoms with E-state index in [1.807, 2.05) is 37.0 Å². The molecule has 2 aromatic rings. The van der Waals surface area contributed by atoms with E-state index in [2.05, 4.69) is 15.2 Å². The second-order valence-electron chi connectivity index (χ2n) is 5.78. The molecular formula is C17H24ClFN4O. The lowest BCUT2D eigenvalue weighted by Gasteiger charge is -2.35. The molecule has 1 aromatic heterocycles. The Morgan fingerprint density at radius 2 is 2.25 bits per heavy atom. The second-order valence-corrected chi connectivity index (χ2v) is 5.78. The van der Waals surface area contributed by atoms with Gasteiger partial charge in [0.05, 0.1) is 12.6 Å². The number of imidazole rings is 1. The molecule has 0 saturated carbocycles. The largest absolute Gasteiger partial charge is 0.491 e. The van der Waals surface area contributed by atoms with Gasteiger partial charge in [-0.05, 0) is 24.6 Å². The van der Waals surface area contributed by atoms with Gasteiger partial charge in [0.15, 0.2) is 11.6 Å². The molecule has 2 heterocycles. The first-order valence-electron chi connectivity index (χ1n) is 8.02. The quantitative estimate of drug-likeness (QED) is 0.896. The highest BCUT2D eigenvalue weighted by atomic mass is 35.5. The van der Waals surface area contributed by atoms with Crippen molar-refractivity contribution >= 4 is 12.4 Å². The maximum Gasteiger partial charge on any atom is 0.165 e. The minimum absolute atomic E-state index is 0. The Bertz CT molecular complexity index is 664. The van der Waals surface area contributed by atoms with E-state index >= 15 is 0 Å². The zero-order chi connectivity index (χ0) is 16.2. The van der Waals surface area contributed by atoms with Crippen molar-refractivity contribution in [3.8, 4) is 5.75 Å². The Labute approximate surface area is 148 Å². The van der Waals surface area contributed by atoms with Gasteiger partial charge in [-0.2, -0.15) is 0 Å². The molecule has 1 fully saturated rings. The number of hydrogen-bond donors (Lipinski definition) is 1. The predicted molar refractivity (Wildman–Crippen MR) is 94.0 cm³/mol. The fraction of sp³-hybridized carbons (Fsp3) is 0.471. The van der Waals surface area contributed by atoms with Gasteiger partial charge in [-0.3, -0.25) is 4.90 Å². The smallest absolute Gasteiger partial charge is 0.165 e. The Kier molecular flexibility index (Phi) is 6.60.